The molecule has 4 nitrogen and oxygen atoms in total. The molecule has 1 aromatic rings. The molecule has 2 unspecified atom stereocenters. The van der Waals surface area contributed by atoms with Crippen molar-refractivity contribution in [2.45, 2.75) is 31.7 Å². The summed E-state index contributed by atoms with van der Waals surface area (Å²) in [7, 11) is 0. The fourth-order valence-corrected chi connectivity index (χ4v) is 2.86. The lowest BCUT2D eigenvalue weighted by Gasteiger charge is -2.38. The lowest BCUT2D eigenvalue weighted by molar-refractivity contribution is -0.130. The van der Waals surface area contributed by atoms with E-state index in [1.165, 1.54) is 5.56 Å². The van der Waals surface area contributed by atoms with Crippen LogP contribution in [0.15, 0.2) is 30.3 Å². The second-order valence-corrected chi connectivity index (χ2v) is 5.50. The molecule has 0 aromatic heterocycles. The van der Waals surface area contributed by atoms with E-state index in [9.17, 15) is 4.79 Å². The molecule has 2 rings (SSSR count). The molecule has 1 heterocycles. The third-order valence-corrected chi connectivity index (χ3v) is 3.93. The van der Waals surface area contributed by atoms with Gasteiger partial charge in [-0.05, 0) is 24.9 Å². The summed E-state index contributed by atoms with van der Waals surface area (Å²) < 4.78 is 0. The zero-order valence-electron chi connectivity index (χ0n) is 12.1. The van der Waals surface area contributed by atoms with Gasteiger partial charge in [-0.25, -0.2) is 0 Å². The maximum Gasteiger partial charge on any atom is 0.219 e. The van der Waals surface area contributed by atoms with Crippen molar-refractivity contribution in [1.29, 1.82) is 0 Å². The Balaban J connectivity index is 2.02. The number of rotatable bonds is 5. The number of aliphatic hydroxyl groups is 1. The molecule has 20 heavy (non-hydrogen) atoms. The molecule has 0 saturated carbocycles. The number of hydrogen-bond acceptors (Lipinski definition) is 3. The molecule has 1 aliphatic rings. The summed E-state index contributed by atoms with van der Waals surface area (Å²) in [4.78, 5) is 13.6. The number of carbonyl (C=O) groups excluding carboxylic acids is 1. The number of aliphatic hydroxyl groups excluding tert-OH is 1. The predicted molar refractivity (Wildman–Crippen MR) is 79.5 cm³/mol. The lowest BCUT2D eigenvalue weighted by Crippen LogP contribution is -2.50. The van der Waals surface area contributed by atoms with E-state index in [4.69, 9.17) is 5.11 Å². The van der Waals surface area contributed by atoms with Gasteiger partial charge in [0.15, 0.2) is 0 Å². The average molecular weight is 276 g/mol. The molecule has 0 spiro atoms. The van der Waals surface area contributed by atoms with Crippen LogP contribution >= 0.6 is 0 Å². The maximum absolute atomic E-state index is 11.7. The van der Waals surface area contributed by atoms with Gasteiger partial charge in [0.25, 0.3) is 0 Å². The molecule has 0 aliphatic carbocycles. The number of amides is 1. The van der Waals surface area contributed by atoms with Crippen LogP contribution in [0.2, 0.25) is 0 Å². The van der Waals surface area contributed by atoms with Gasteiger partial charge in [0.1, 0.15) is 0 Å². The van der Waals surface area contributed by atoms with E-state index in [1.807, 2.05) is 11.0 Å². The highest BCUT2D eigenvalue weighted by atomic mass is 16.3. The third kappa shape index (κ3) is 4.05. The summed E-state index contributed by atoms with van der Waals surface area (Å²) in [5.74, 6) is 0.528. The average Bonchev–Trinajstić information content (AvgIpc) is 2.48. The summed E-state index contributed by atoms with van der Waals surface area (Å²) in [5, 5.41) is 12.3. The van der Waals surface area contributed by atoms with Crippen LogP contribution in [0.1, 0.15) is 31.2 Å². The van der Waals surface area contributed by atoms with Gasteiger partial charge in [0.05, 0.1) is 0 Å². The largest absolute Gasteiger partial charge is 0.396 e. The van der Waals surface area contributed by atoms with Crippen LogP contribution in [0.5, 0.6) is 0 Å². The zero-order chi connectivity index (χ0) is 14.4. The molecule has 1 aliphatic heterocycles. The van der Waals surface area contributed by atoms with Crippen LogP contribution in [-0.2, 0) is 4.79 Å². The number of hydrogen-bond donors (Lipinski definition) is 2. The van der Waals surface area contributed by atoms with Crippen molar-refractivity contribution in [3.8, 4) is 0 Å². The summed E-state index contributed by atoms with van der Waals surface area (Å²) in [6, 6.07) is 10.7. The van der Waals surface area contributed by atoms with E-state index in [1.54, 1.807) is 6.92 Å². The van der Waals surface area contributed by atoms with Crippen LogP contribution in [0.25, 0.3) is 0 Å². The molecule has 1 saturated heterocycles. The second kappa shape index (κ2) is 7.41. The summed E-state index contributed by atoms with van der Waals surface area (Å²) in [5.41, 5.74) is 1.30. The molecule has 1 amide bonds. The summed E-state index contributed by atoms with van der Waals surface area (Å²) in [6.07, 6.45) is 1.80. The fraction of sp³-hybridized carbons (Fsp3) is 0.562. The van der Waals surface area contributed by atoms with E-state index in [0.717, 1.165) is 32.5 Å². The molecular weight excluding hydrogens is 252 g/mol. The first-order valence-corrected chi connectivity index (χ1v) is 7.35. The number of carbonyl (C=O) groups is 1. The van der Waals surface area contributed by atoms with Gasteiger partial charge in [0, 0.05) is 38.6 Å². The highest BCUT2D eigenvalue weighted by Gasteiger charge is 2.28. The zero-order valence-corrected chi connectivity index (χ0v) is 12.1. The minimum Gasteiger partial charge on any atom is -0.396 e. The van der Waals surface area contributed by atoms with Crippen molar-refractivity contribution >= 4 is 5.91 Å². The van der Waals surface area contributed by atoms with Gasteiger partial charge >= 0.3 is 0 Å². The van der Waals surface area contributed by atoms with Gasteiger partial charge in [-0.3, -0.25) is 4.79 Å². The van der Waals surface area contributed by atoms with Gasteiger partial charge in [-0.1, -0.05) is 30.3 Å². The Bertz CT molecular complexity index is 422. The first-order valence-electron chi connectivity index (χ1n) is 7.35. The van der Waals surface area contributed by atoms with E-state index in [-0.39, 0.29) is 12.5 Å². The van der Waals surface area contributed by atoms with Crippen molar-refractivity contribution < 1.29 is 9.90 Å². The van der Waals surface area contributed by atoms with Crippen LogP contribution in [0, 0.1) is 0 Å². The Morgan fingerprint density at radius 1 is 1.35 bits per heavy atom. The molecule has 4 heteroatoms. The predicted octanol–water partition coefficient (Wildman–Crippen LogP) is 1.36. The molecule has 2 atom stereocenters. The SMILES string of the molecule is CC(=O)N1CC(NCCCO)CC(c2ccccc2)C1. The lowest BCUT2D eigenvalue weighted by atomic mass is 9.88. The fourth-order valence-electron chi connectivity index (χ4n) is 2.86. The van der Waals surface area contributed by atoms with Gasteiger partial charge in [-0.15, -0.1) is 0 Å². The van der Waals surface area contributed by atoms with E-state index >= 15 is 0 Å². The first-order chi connectivity index (χ1) is 9.70. The standard InChI is InChI=1S/C16H24N2O2/c1-13(20)18-11-15(14-6-3-2-4-7-14)10-16(12-18)17-8-5-9-19/h2-4,6-7,15-17,19H,5,8-12H2,1H3. The number of piperidine rings is 1. The second-order valence-electron chi connectivity index (χ2n) is 5.50. The topological polar surface area (TPSA) is 52.6 Å². The third-order valence-electron chi connectivity index (χ3n) is 3.93. The van der Waals surface area contributed by atoms with Crippen LogP contribution in [-0.4, -0.2) is 48.2 Å². The van der Waals surface area contributed by atoms with Crippen molar-refractivity contribution in [2.75, 3.05) is 26.2 Å². The van der Waals surface area contributed by atoms with E-state index in [0.29, 0.717) is 12.0 Å². The van der Waals surface area contributed by atoms with Crippen molar-refractivity contribution in [2.24, 2.45) is 0 Å². The molecule has 1 aromatic carbocycles. The quantitative estimate of drug-likeness (QED) is 0.799. The highest BCUT2D eigenvalue weighted by molar-refractivity contribution is 5.73. The van der Waals surface area contributed by atoms with Gasteiger partial charge in [-0.2, -0.15) is 0 Å². The van der Waals surface area contributed by atoms with Crippen molar-refractivity contribution in [3.05, 3.63) is 35.9 Å². The Labute approximate surface area is 120 Å². The monoisotopic (exact) mass is 276 g/mol. The smallest absolute Gasteiger partial charge is 0.219 e. The van der Waals surface area contributed by atoms with Crippen LogP contribution in [0.4, 0.5) is 0 Å². The molecule has 110 valence electrons. The summed E-state index contributed by atoms with van der Waals surface area (Å²) >= 11 is 0. The minimum absolute atomic E-state index is 0.139. The Morgan fingerprint density at radius 3 is 2.75 bits per heavy atom. The Kier molecular flexibility index (Phi) is 5.56. The van der Waals surface area contributed by atoms with Crippen LogP contribution in [0.3, 0.4) is 0 Å². The normalized spacial score (nSPS) is 22.8. The number of benzene rings is 1. The number of nitrogens with one attached hydrogen (secondary N) is 1. The molecule has 2 N–H and O–H groups in total. The van der Waals surface area contributed by atoms with Crippen molar-refractivity contribution in [3.63, 3.8) is 0 Å². The molecule has 0 bridgehead atoms. The van der Waals surface area contributed by atoms with E-state index < -0.39 is 0 Å². The maximum atomic E-state index is 11.7. The Morgan fingerprint density at radius 2 is 2.10 bits per heavy atom. The highest BCUT2D eigenvalue weighted by Crippen LogP contribution is 2.27. The molecule has 0 radical (unpaired) electrons. The minimum atomic E-state index is 0.139. The molecular formula is C16H24N2O2. The number of nitrogens with zero attached hydrogens (tertiary/aromatic N) is 1. The first kappa shape index (κ1) is 15.0. The summed E-state index contributed by atoms with van der Waals surface area (Å²) in [6.45, 7) is 4.21. The van der Waals surface area contributed by atoms with Crippen molar-refractivity contribution in [1.82, 2.24) is 10.2 Å². The molecule has 1 fully saturated rings. The van der Waals surface area contributed by atoms with Gasteiger partial charge < -0.3 is 15.3 Å². The van der Waals surface area contributed by atoms with Crippen LogP contribution < -0.4 is 5.32 Å². The van der Waals surface area contributed by atoms with E-state index in [2.05, 4.69) is 29.6 Å². The Hall–Kier alpha value is -1.39. The van der Waals surface area contributed by atoms with Gasteiger partial charge in [0.2, 0.25) is 5.91 Å². The number of likely N-dealkylation sites (tertiary alicyclic amines) is 1.